The third kappa shape index (κ3) is 4.61. The Bertz CT molecular complexity index is 723. The quantitative estimate of drug-likeness (QED) is 0.282. The molecule has 0 bridgehead atoms. The molecule has 0 unspecified atom stereocenters. The van der Waals surface area contributed by atoms with Gasteiger partial charge in [0.15, 0.2) is 0 Å². The number of alkyl halides is 17. The second-order valence-electron chi connectivity index (χ2n) is 5.72. The van der Waals surface area contributed by atoms with Crippen molar-refractivity contribution in [3.8, 4) is 0 Å². The fourth-order valence-electron chi connectivity index (χ4n) is 1.65. The van der Waals surface area contributed by atoms with Gasteiger partial charge in [0.05, 0.1) is 6.61 Å². The molecular formula is C10H6F17O4P. The van der Waals surface area contributed by atoms with Crippen LogP contribution in [0.25, 0.3) is 0 Å². The van der Waals surface area contributed by atoms with E-state index in [4.69, 9.17) is 9.79 Å². The fourth-order valence-corrected chi connectivity index (χ4v) is 1.98. The number of hydrogen-bond acceptors (Lipinski definition) is 2. The highest BCUT2D eigenvalue weighted by molar-refractivity contribution is 7.46. The van der Waals surface area contributed by atoms with Gasteiger partial charge in [-0.25, -0.2) is 4.57 Å². The third-order valence-corrected chi connectivity index (χ3v) is 3.98. The first kappa shape index (κ1) is 30.9. The van der Waals surface area contributed by atoms with Crippen LogP contribution in [-0.4, -0.2) is 64.0 Å². The van der Waals surface area contributed by atoms with E-state index in [1.54, 1.807) is 0 Å². The second kappa shape index (κ2) is 8.00. The molecule has 0 aliphatic heterocycles. The highest BCUT2D eigenvalue weighted by atomic mass is 31.2. The van der Waals surface area contributed by atoms with Crippen LogP contribution in [0.15, 0.2) is 0 Å². The Balaban J connectivity index is 6.44. The third-order valence-electron chi connectivity index (χ3n) is 3.46. The lowest BCUT2D eigenvalue weighted by Crippen LogP contribution is -2.74. The Morgan fingerprint density at radius 2 is 0.812 bits per heavy atom. The standard InChI is InChI=1S/C10H6F17O4P/c11-3(12,1-2-31-32(28,29)30)4(13,14)5(15,16)6(17,18)7(19,20)8(21,22)9(23,24)10(25,26)27/h1-2H2,(H2,28,29,30). The molecule has 0 aromatic heterocycles. The summed E-state index contributed by atoms with van der Waals surface area (Å²) in [6.07, 6.45) is -10.9. The summed E-state index contributed by atoms with van der Waals surface area (Å²) in [5.41, 5.74) is 0. The maximum Gasteiger partial charge on any atom is 0.469 e. The van der Waals surface area contributed by atoms with Gasteiger partial charge in [-0.05, 0) is 0 Å². The molecule has 32 heavy (non-hydrogen) atoms. The fraction of sp³-hybridized carbons (Fsp3) is 1.00. The summed E-state index contributed by atoms with van der Waals surface area (Å²) in [7, 11) is -5.78. The molecule has 194 valence electrons. The zero-order valence-corrected chi connectivity index (χ0v) is 14.9. The maximum absolute atomic E-state index is 13.3. The number of phosphoric acid groups is 1. The van der Waals surface area contributed by atoms with Crippen LogP contribution in [0, 0.1) is 0 Å². The summed E-state index contributed by atoms with van der Waals surface area (Å²) in [6, 6.07) is 0. The smallest absolute Gasteiger partial charge is 0.303 e. The van der Waals surface area contributed by atoms with Crippen LogP contribution in [0.5, 0.6) is 0 Å². The zero-order valence-electron chi connectivity index (χ0n) is 14.0. The summed E-state index contributed by atoms with van der Waals surface area (Å²) in [4.78, 5) is 16.2. The van der Waals surface area contributed by atoms with Crippen molar-refractivity contribution in [2.24, 2.45) is 0 Å². The number of phosphoric ester groups is 1. The molecule has 0 spiro atoms. The van der Waals surface area contributed by atoms with Crippen LogP contribution < -0.4 is 0 Å². The van der Waals surface area contributed by atoms with E-state index in [9.17, 15) is 79.2 Å². The van der Waals surface area contributed by atoms with Gasteiger partial charge in [-0.15, -0.1) is 0 Å². The lowest BCUT2D eigenvalue weighted by atomic mass is 9.88. The average Bonchev–Trinajstić information content (AvgIpc) is 2.50. The first-order valence-electron chi connectivity index (χ1n) is 6.87. The molecular weight excluding hydrogens is 538 g/mol. The van der Waals surface area contributed by atoms with E-state index in [1.165, 1.54) is 0 Å². The Morgan fingerprint density at radius 1 is 0.531 bits per heavy atom. The van der Waals surface area contributed by atoms with Crippen molar-refractivity contribution < 1.29 is 93.5 Å². The molecule has 4 nitrogen and oxygen atoms in total. The van der Waals surface area contributed by atoms with Gasteiger partial charge in [-0.1, -0.05) is 0 Å². The zero-order chi connectivity index (χ0) is 26.6. The summed E-state index contributed by atoms with van der Waals surface area (Å²) in [6.45, 7) is -2.37. The molecule has 0 aliphatic rings. The minimum Gasteiger partial charge on any atom is -0.303 e. The number of hydrogen-bond donors (Lipinski definition) is 2. The van der Waals surface area contributed by atoms with Gasteiger partial charge in [0.25, 0.3) is 0 Å². The Morgan fingerprint density at radius 3 is 1.09 bits per heavy atom. The van der Waals surface area contributed by atoms with Crippen molar-refractivity contribution in [2.75, 3.05) is 6.61 Å². The van der Waals surface area contributed by atoms with Crippen molar-refractivity contribution in [1.82, 2.24) is 0 Å². The van der Waals surface area contributed by atoms with Gasteiger partial charge < -0.3 is 9.79 Å². The molecule has 0 radical (unpaired) electrons. The van der Waals surface area contributed by atoms with E-state index in [-0.39, 0.29) is 0 Å². The Kier molecular flexibility index (Phi) is 7.73. The molecule has 0 aromatic rings. The molecule has 0 fully saturated rings. The Labute approximate surface area is 163 Å². The lowest BCUT2D eigenvalue weighted by Gasteiger charge is -2.42. The van der Waals surface area contributed by atoms with Crippen LogP contribution in [0.4, 0.5) is 74.6 Å². The Hall–Kier alpha value is -1.08. The summed E-state index contributed by atoms with van der Waals surface area (Å²) < 4.78 is 233. The first-order valence-corrected chi connectivity index (χ1v) is 8.40. The normalized spacial score (nSPS) is 16.5. The van der Waals surface area contributed by atoms with Crippen LogP contribution in [0.2, 0.25) is 0 Å². The lowest BCUT2D eigenvalue weighted by molar-refractivity contribution is -0.461. The van der Waals surface area contributed by atoms with E-state index in [0.717, 1.165) is 0 Å². The van der Waals surface area contributed by atoms with Crippen molar-refractivity contribution in [2.45, 2.75) is 54.1 Å². The van der Waals surface area contributed by atoms with E-state index in [0.29, 0.717) is 0 Å². The van der Waals surface area contributed by atoms with E-state index in [2.05, 4.69) is 4.52 Å². The number of halogens is 17. The molecule has 0 amide bonds. The molecule has 0 saturated carbocycles. The second-order valence-corrected chi connectivity index (χ2v) is 6.96. The van der Waals surface area contributed by atoms with E-state index >= 15 is 0 Å². The van der Waals surface area contributed by atoms with Gasteiger partial charge in [-0.2, -0.15) is 74.6 Å². The molecule has 0 saturated heterocycles. The van der Waals surface area contributed by atoms with E-state index < -0.39 is 68.5 Å². The number of rotatable bonds is 10. The first-order chi connectivity index (χ1) is 13.5. The van der Waals surface area contributed by atoms with Crippen molar-refractivity contribution in [1.29, 1.82) is 0 Å². The average molecular weight is 544 g/mol. The largest absolute Gasteiger partial charge is 0.469 e. The molecule has 0 aromatic carbocycles. The topological polar surface area (TPSA) is 66.8 Å². The van der Waals surface area contributed by atoms with Crippen LogP contribution in [0.3, 0.4) is 0 Å². The molecule has 0 rings (SSSR count). The minimum absolute atomic E-state index is 2.37. The van der Waals surface area contributed by atoms with Crippen LogP contribution >= 0.6 is 7.82 Å². The van der Waals surface area contributed by atoms with E-state index in [1.807, 2.05) is 0 Å². The molecule has 0 aliphatic carbocycles. The van der Waals surface area contributed by atoms with Crippen LogP contribution in [-0.2, 0) is 9.09 Å². The highest BCUT2D eigenvalue weighted by Gasteiger charge is 2.95. The predicted octanol–water partition coefficient (Wildman–Crippen LogP) is 5.50. The van der Waals surface area contributed by atoms with Gasteiger partial charge >= 0.3 is 55.5 Å². The van der Waals surface area contributed by atoms with Crippen molar-refractivity contribution >= 4 is 7.82 Å². The molecule has 0 atom stereocenters. The molecule has 22 heteroatoms. The van der Waals surface area contributed by atoms with Crippen LogP contribution in [0.1, 0.15) is 6.42 Å². The van der Waals surface area contributed by atoms with Gasteiger partial charge in [0.2, 0.25) is 0 Å². The summed E-state index contributed by atoms with van der Waals surface area (Å²) in [5.74, 6) is -57.4. The molecule has 0 heterocycles. The summed E-state index contributed by atoms with van der Waals surface area (Å²) >= 11 is 0. The van der Waals surface area contributed by atoms with Crippen molar-refractivity contribution in [3.05, 3.63) is 0 Å². The highest BCUT2D eigenvalue weighted by Crippen LogP contribution is 2.64. The van der Waals surface area contributed by atoms with Gasteiger partial charge in [0.1, 0.15) is 0 Å². The molecule has 2 N–H and O–H groups in total. The maximum atomic E-state index is 13.3. The summed E-state index contributed by atoms with van der Waals surface area (Å²) in [5, 5.41) is 0. The monoisotopic (exact) mass is 544 g/mol. The van der Waals surface area contributed by atoms with Crippen molar-refractivity contribution in [3.63, 3.8) is 0 Å². The minimum atomic E-state index is -8.73. The SMILES string of the molecule is O=P(O)(O)OCCC(F)(F)C(F)(F)C(F)(F)C(F)(F)C(F)(F)C(F)(F)C(F)(F)C(F)(F)F. The predicted molar refractivity (Wildman–Crippen MR) is 63.3 cm³/mol. The van der Waals surface area contributed by atoms with Gasteiger partial charge in [-0.3, -0.25) is 4.52 Å². The van der Waals surface area contributed by atoms with Gasteiger partial charge in [0, 0.05) is 6.42 Å².